The van der Waals surface area contributed by atoms with Crippen molar-refractivity contribution in [1.82, 2.24) is 15.2 Å². The number of carboxylic acids is 1. The molecule has 1 aliphatic heterocycles. The summed E-state index contributed by atoms with van der Waals surface area (Å²) in [6.45, 7) is 4.52. The van der Waals surface area contributed by atoms with Crippen LogP contribution in [0.2, 0.25) is 0 Å². The molecule has 0 saturated heterocycles. The van der Waals surface area contributed by atoms with Crippen LogP contribution < -0.4 is 5.32 Å². The second-order valence-electron chi connectivity index (χ2n) is 6.50. The van der Waals surface area contributed by atoms with Crippen LogP contribution >= 0.6 is 0 Å². The third-order valence-corrected chi connectivity index (χ3v) is 4.89. The van der Waals surface area contributed by atoms with Crippen molar-refractivity contribution in [3.05, 3.63) is 65.0 Å². The second kappa shape index (κ2) is 8.10. The molecule has 1 amide bonds. The number of nitrogens with one attached hydrogen (secondary N) is 1. The number of hydrogen-bond acceptors (Lipinski definition) is 4. The van der Waals surface area contributed by atoms with Crippen molar-refractivity contribution in [3.63, 3.8) is 0 Å². The number of fused-ring (bicyclic) bond motifs is 1. The second-order valence-corrected chi connectivity index (χ2v) is 6.50. The molecule has 2 N–H and O–H groups in total. The number of rotatable bonds is 6. The largest absolute Gasteiger partial charge is 0.477 e. The Balaban J connectivity index is 1.62. The first-order valence-corrected chi connectivity index (χ1v) is 8.87. The molecule has 1 aromatic heterocycles. The number of carbonyl (C=O) groups excluding carboxylic acids is 1. The lowest BCUT2D eigenvalue weighted by molar-refractivity contribution is 0.0690. The van der Waals surface area contributed by atoms with Gasteiger partial charge in [-0.05, 0) is 36.1 Å². The van der Waals surface area contributed by atoms with E-state index in [9.17, 15) is 9.59 Å². The number of nitrogens with zero attached hydrogens (tertiary/aromatic N) is 2. The summed E-state index contributed by atoms with van der Waals surface area (Å²) in [7, 11) is 0. The van der Waals surface area contributed by atoms with Gasteiger partial charge in [0.25, 0.3) is 5.91 Å². The Bertz CT molecular complexity index is 806. The molecule has 1 atom stereocenters. The van der Waals surface area contributed by atoms with Crippen molar-refractivity contribution < 1.29 is 14.7 Å². The van der Waals surface area contributed by atoms with E-state index in [4.69, 9.17) is 5.11 Å². The summed E-state index contributed by atoms with van der Waals surface area (Å²) in [4.78, 5) is 29.5. The highest BCUT2D eigenvalue weighted by Crippen LogP contribution is 2.21. The third-order valence-electron chi connectivity index (χ3n) is 4.89. The number of amides is 1. The number of aromatic carboxylic acids is 1. The highest BCUT2D eigenvalue weighted by atomic mass is 16.4. The van der Waals surface area contributed by atoms with E-state index in [-0.39, 0.29) is 17.6 Å². The molecule has 0 radical (unpaired) electrons. The maximum atomic E-state index is 12.4. The fourth-order valence-electron chi connectivity index (χ4n) is 3.36. The van der Waals surface area contributed by atoms with E-state index >= 15 is 0 Å². The number of aromatic nitrogens is 1. The average molecular weight is 353 g/mol. The Morgan fingerprint density at radius 1 is 1.27 bits per heavy atom. The van der Waals surface area contributed by atoms with Gasteiger partial charge in [0.1, 0.15) is 5.69 Å². The molecule has 26 heavy (non-hydrogen) atoms. The zero-order chi connectivity index (χ0) is 18.5. The predicted molar refractivity (Wildman–Crippen MR) is 98.2 cm³/mol. The Kier molecular flexibility index (Phi) is 5.63. The van der Waals surface area contributed by atoms with Crippen molar-refractivity contribution in [2.24, 2.45) is 0 Å². The van der Waals surface area contributed by atoms with E-state index in [2.05, 4.69) is 46.4 Å². The van der Waals surface area contributed by atoms with Crippen LogP contribution in [0.1, 0.15) is 45.3 Å². The van der Waals surface area contributed by atoms with Crippen molar-refractivity contribution in [3.8, 4) is 0 Å². The van der Waals surface area contributed by atoms with E-state index in [1.165, 1.54) is 29.5 Å². The van der Waals surface area contributed by atoms with Crippen LogP contribution in [-0.4, -0.2) is 46.0 Å². The first-order chi connectivity index (χ1) is 12.6. The molecule has 2 heterocycles. The van der Waals surface area contributed by atoms with Crippen LogP contribution in [0, 0.1) is 0 Å². The zero-order valence-corrected chi connectivity index (χ0v) is 14.8. The topological polar surface area (TPSA) is 82.5 Å². The molecule has 0 fully saturated rings. The molecular weight excluding hydrogens is 330 g/mol. The fourth-order valence-corrected chi connectivity index (χ4v) is 3.36. The van der Waals surface area contributed by atoms with Gasteiger partial charge < -0.3 is 10.4 Å². The summed E-state index contributed by atoms with van der Waals surface area (Å²) in [5.41, 5.74) is 2.94. The lowest BCUT2D eigenvalue weighted by Gasteiger charge is -2.35. The van der Waals surface area contributed by atoms with Gasteiger partial charge in [-0.1, -0.05) is 31.2 Å². The molecule has 0 aliphatic carbocycles. The van der Waals surface area contributed by atoms with E-state index in [1.807, 2.05) is 0 Å². The minimum absolute atomic E-state index is 0.127. The van der Waals surface area contributed by atoms with E-state index in [1.54, 1.807) is 0 Å². The summed E-state index contributed by atoms with van der Waals surface area (Å²) < 4.78 is 0. The third kappa shape index (κ3) is 4.08. The van der Waals surface area contributed by atoms with E-state index in [0.717, 1.165) is 25.9 Å². The fraction of sp³-hybridized carbons (Fsp3) is 0.350. The van der Waals surface area contributed by atoms with Gasteiger partial charge in [0, 0.05) is 37.4 Å². The maximum Gasteiger partial charge on any atom is 0.354 e. The summed E-state index contributed by atoms with van der Waals surface area (Å²) in [5.74, 6) is -1.41. The van der Waals surface area contributed by atoms with Crippen LogP contribution in [0.15, 0.2) is 42.6 Å². The lowest BCUT2D eigenvalue weighted by Crippen LogP contribution is -2.45. The van der Waals surface area contributed by atoms with Crippen LogP contribution in [0.4, 0.5) is 0 Å². The smallest absolute Gasteiger partial charge is 0.354 e. The number of benzene rings is 1. The molecule has 1 unspecified atom stereocenters. The predicted octanol–water partition coefficient (Wildman–Crippen LogP) is 2.35. The molecule has 0 spiro atoms. The normalized spacial score (nSPS) is 15.1. The first-order valence-electron chi connectivity index (χ1n) is 8.87. The minimum Gasteiger partial charge on any atom is -0.477 e. The molecule has 3 rings (SSSR count). The maximum absolute atomic E-state index is 12.4. The average Bonchev–Trinajstić information content (AvgIpc) is 2.68. The van der Waals surface area contributed by atoms with Gasteiger partial charge in [0.2, 0.25) is 0 Å². The molecule has 0 bridgehead atoms. The molecule has 6 heteroatoms. The Hall–Kier alpha value is -2.73. The summed E-state index contributed by atoms with van der Waals surface area (Å²) in [6, 6.07) is 11.6. The van der Waals surface area contributed by atoms with E-state index < -0.39 is 5.97 Å². The lowest BCUT2D eigenvalue weighted by atomic mass is 9.98. The van der Waals surface area contributed by atoms with Crippen LogP contribution in [-0.2, 0) is 13.0 Å². The zero-order valence-electron chi connectivity index (χ0n) is 14.8. The number of pyridine rings is 1. The Labute approximate surface area is 152 Å². The van der Waals surface area contributed by atoms with Gasteiger partial charge in [-0.2, -0.15) is 0 Å². The van der Waals surface area contributed by atoms with Gasteiger partial charge in [-0.15, -0.1) is 0 Å². The highest BCUT2D eigenvalue weighted by Gasteiger charge is 2.23. The summed E-state index contributed by atoms with van der Waals surface area (Å²) in [5, 5.41) is 11.9. The molecule has 2 aromatic rings. The van der Waals surface area contributed by atoms with E-state index in [0.29, 0.717) is 12.1 Å². The van der Waals surface area contributed by atoms with Gasteiger partial charge >= 0.3 is 5.97 Å². The first kappa shape index (κ1) is 18.1. The monoisotopic (exact) mass is 353 g/mol. The number of hydrogen-bond donors (Lipinski definition) is 2. The SMILES string of the molecule is CCC(CNC(=O)c1ccnc(C(=O)O)c1)N1CCc2ccccc2C1. The summed E-state index contributed by atoms with van der Waals surface area (Å²) in [6.07, 6.45) is 3.29. The molecule has 1 aliphatic rings. The van der Waals surface area contributed by atoms with Gasteiger partial charge in [0.15, 0.2) is 0 Å². The molecular formula is C20H23N3O3. The quantitative estimate of drug-likeness (QED) is 0.833. The Morgan fingerprint density at radius 3 is 2.77 bits per heavy atom. The number of carbonyl (C=O) groups is 2. The van der Waals surface area contributed by atoms with Crippen molar-refractivity contribution in [1.29, 1.82) is 0 Å². The van der Waals surface area contributed by atoms with Crippen molar-refractivity contribution >= 4 is 11.9 Å². The van der Waals surface area contributed by atoms with Gasteiger partial charge in [-0.25, -0.2) is 9.78 Å². The van der Waals surface area contributed by atoms with Gasteiger partial charge in [0.05, 0.1) is 0 Å². The minimum atomic E-state index is -1.14. The highest BCUT2D eigenvalue weighted by molar-refractivity contribution is 5.96. The molecule has 1 aromatic carbocycles. The summed E-state index contributed by atoms with van der Waals surface area (Å²) >= 11 is 0. The standard InChI is InChI=1S/C20H23N3O3/c1-2-17(23-10-8-14-5-3-4-6-16(14)13-23)12-22-19(24)15-7-9-21-18(11-15)20(25)26/h3-7,9,11,17H,2,8,10,12-13H2,1H3,(H,22,24)(H,25,26). The van der Waals surface area contributed by atoms with Crippen LogP contribution in [0.3, 0.4) is 0 Å². The molecule has 0 saturated carbocycles. The van der Waals surface area contributed by atoms with Crippen LogP contribution in [0.5, 0.6) is 0 Å². The number of carboxylic acid groups (broad SMARTS) is 1. The molecule has 136 valence electrons. The van der Waals surface area contributed by atoms with Crippen molar-refractivity contribution in [2.45, 2.75) is 32.4 Å². The molecule has 6 nitrogen and oxygen atoms in total. The van der Waals surface area contributed by atoms with Gasteiger partial charge in [-0.3, -0.25) is 9.69 Å². The Morgan fingerprint density at radius 2 is 2.04 bits per heavy atom. The van der Waals surface area contributed by atoms with Crippen molar-refractivity contribution in [2.75, 3.05) is 13.1 Å². The van der Waals surface area contributed by atoms with Crippen LogP contribution in [0.25, 0.3) is 0 Å².